The SMILES string of the molecule is Cc1cc(C)c(C)c(OCCCNC(=O)C[C@@H]2CNCCO2)c1. The van der Waals surface area contributed by atoms with E-state index in [0.29, 0.717) is 26.2 Å². The zero-order chi connectivity index (χ0) is 16.7. The molecule has 0 spiro atoms. The third-order valence-electron chi connectivity index (χ3n) is 4.08. The maximum Gasteiger partial charge on any atom is 0.222 e. The molecule has 0 unspecified atom stereocenters. The van der Waals surface area contributed by atoms with Gasteiger partial charge in [-0.05, 0) is 49.9 Å². The second-order valence-corrected chi connectivity index (χ2v) is 6.16. The Hall–Kier alpha value is -1.59. The van der Waals surface area contributed by atoms with Crippen LogP contribution in [0.5, 0.6) is 5.75 Å². The summed E-state index contributed by atoms with van der Waals surface area (Å²) in [5.41, 5.74) is 3.63. The predicted octanol–water partition coefficient (Wildman–Crippen LogP) is 1.88. The lowest BCUT2D eigenvalue weighted by Gasteiger charge is -2.23. The monoisotopic (exact) mass is 320 g/mol. The van der Waals surface area contributed by atoms with Crippen molar-refractivity contribution in [3.63, 3.8) is 0 Å². The summed E-state index contributed by atoms with van der Waals surface area (Å²) in [5.74, 6) is 0.983. The number of hydrogen-bond acceptors (Lipinski definition) is 4. The van der Waals surface area contributed by atoms with Gasteiger partial charge in [-0.3, -0.25) is 4.79 Å². The van der Waals surface area contributed by atoms with Gasteiger partial charge in [-0.25, -0.2) is 0 Å². The van der Waals surface area contributed by atoms with Crippen molar-refractivity contribution in [1.29, 1.82) is 0 Å². The van der Waals surface area contributed by atoms with Crippen LogP contribution in [0, 0.1) is 20.8 Å². The van der Waals surface area contributed by atoms with Gasteiger partial charge in [0, 0.05) is 19.6 Å². The van der Waals surface area contributed by atoms with E-state index in [-0.39, 0.29) is 12.0 Å². The molecule has 2 rings (SSSR count). The standard InChI is InChI=1S/C18H28N2O3/c1-13-9-14(2)15(3)17(10-13)23-7-4-5-20-18(21)11-16-12-19-6-8-22-16/h9-10,16,19H,4-8,11-12H2,1-3H3,(H,20,21)/t16-/m1/s1. The van der Waals surface area contributed by atoms with Gasteiger partial charge in [-0.2, -0.15) is 0 Å². The van der Waals surface area contributed by atoms with Gasteiger partial charge in [0.1, 0.15) is 5.75 Å². The molecule has 128 valence electrons. The Balaban J connectivity index is 1.63. The smallest absolute Gasteiger partial charge is 0.222 e. The van der Waals surface area contributed by atoms with E-state index in [4.69, 9.17) is 9.47 Å². The molecule has 5 nitrogen and oxygen atoms in total. The summed E-state index contributed by atoms with van der Waals surface area (Å²) in [7, 11) is 0. The minimum absolute atomic E-state index is 0.00193. The molecule has 1 aliphatic rings. The Morgan fingerprint density at radius 1 is 1.39 bits per heavy atom. The van der Waals surface area contributed by atoms with E-state index in [1.165, 1.54) is 16.7 Å². The Morgan fingerprint density at radius 3 is 2.96 bits per heavy atom. The van der Waals surface area contributed by atoms with Gasteiger partial charge >= 0.3 is 0 Å². The van der Waals surface area contributed by atoms with Crippen LogP contribution in [0.4, 0.5) is 0 Å². The zero-order valence-electron chi connectivity index (χ0n) is 14.4. The minimum Gasteiger partial charge on any atom is -0.493 e. The van der Waals surface area contributed by atoms with Gasteiger partial charge in [-0.15, -0.1) is 0 Å². The van der Waals surface area contributed by atoms with Crippen LogP contribution in [-0.4, -0.2) is 44.9 Å². The van der Waals surface area contributed by atoms with Crippen molar-refractivity contribution in [3.8, 4) is 5.75 Å². The molecule has 1 aliphatic heterocycles. The van der Waals surface area contributed by atoms with Gasteiger partial charge in [0.25, 0.3) is 0 Å². The van der Waals surface area contributed by atoms with Gasteiger partial charge < -0.3 is 20.1 Å². The average molecular weight is 320 g/mol. The van der Waals surface area contributed by atoms with E-state index >= 15 is 0 Å². The number of morpholine rings is 1. The molecule has 0 bridgehead atoms. The normalized spacial score (nSPS) is 17.8. The number of carbonyl (C=O) groups is 1. The lowest BCUT2D eigenvalue weighted by atomic mass is 10.1. The van der Waals surface area contributed by atoms with Crippen LogP contribution in [0.15, 0.2) is 12.1 Å². The Kier molecular flexibility index (Phi) is 6.86. The molecule has 1 heterocycles. The number of nitrogens with one attached hydrogen (secondary N) is 2. The molecule has 0 saturated carbocycles. The number of rotatable bonds is 7. The molecule has 1 amide bonds. The fourth-order valence-corrected chi connectivity index (χ4v) is 2.66. The molecule has 1 atom stereocenters. The third-order valence-corrected chi connectivity index (χ3v) is 4.08. The highest BCUT2D eigenvalue weighted by atomic mass is 16.5. The van der Waals surface area contributed by atoms with Crippen molar-refractivity contribution in [2.75, 3.05) is 32.8 Å². The highest BCUT2D eigenvalue weighted by molar-refractivity contribution is 5.76. The summed E-state index contributed by atoms with van der Waals surface area (Å²) in [4.78, 5) is 11.8. The van der Waals surface area contributed by atoms with Gasteiger partial charge in [0.2, 0.25) is 5.91 Å². The number of amides is 1. The molecular weight excluding hydrogens is 292 g/mol. The van der Waals surface area contributed by atoms with Crippen LogP contribution in [0.25, 0.3) is 0 Å². The third kappa shape index (κ3) is 5.84. The zero-order valence-corrected chi connectivity index (χ0v) is 14.4. The summed E-state index contributed by atoms with van der Waals surface area (Å²) in [5, 5.41) is 6.15. The first-order chi connectivity index (χ1) is 11.1. The van der Waals surface area contributed by atoms with Crippen molar-refractivity contribution >= 4 is 5.91 Å². The fraction of sp³-hybridized carbons (Fsp3) is 0.611. The highest BCUT2D eigenvalue weighted by Gasteiger charge is 2.16. The van der Waals surface area contributed by atoms with Crippen LogP contribution < -0.4 is 15.4 Å². The first-order valence-electron chi connectivity index (χ1n) is 8.36. The number of carbonyl (C=O) groups excluding carboxylic acids is 1. The molecule has 1 saturated heterocycles. The predicted molar refractivity (Wildman–Crippen MR) is 91.0 cm³/mol. The molecule has 5 heteroatoms. The molecule has 23 heavy (non-hydrogen) atoms. The quantitative estimate of drug-likeness (QED) is 0.753. The van der Waals surface area contributed by atoms with Crippen LogP contribution in [0.3, 0.4) is 0 Å². The van der Waals surface area contributed by atoms with Crippen molar-refractivity contribution in [2.45, 2.75) is 39.7 Å². The lowest BCUT2D eigenvalue weighted by molar-refractivity contribution is -0.124. The first kappa shape index (κ1) is 17.8. The average Bonchev–Trinajstić information content (AvgIpc) is 2.52. The van der Waals surface area contributed by atoms with E-state index in [9.17, 15) is 4.79 Å². The summed E-state index contributed by atoms with van der Waals surface area (Å²) in [6.07, 6.45) is 1.21. The number of hydrogen-bond donors (Lipinski definition) is 2. The summed E-state index contributed by atoms with van der Waals surface area (Å²) in [6.45, 7) is 9.77. The lowest BCUT2D eigenvalue weighted by Crippen LogP contribution is -2.41. The summed E-state index contributed by atoms with van der Waals surface area (Å²) in [6, 6.07) is 4.22. The number of ether oxygens (including phenoxy) is 2. The van der Waals surface area contributed by atoms with E-state index < -0.39 is 0 Å². The molecule has 1 aromatic carbocycles. The molecule has 0 aromatic heterocycles. The Morgan fingerprint density at radius 2 is 2.22 bits per heavy atom. The van der Waals surface area contributed by atoms with Gasteiger partial charge in [-0.1, -0.05) is 6.07 Å². The van der Waals surface area contributed by atoms with Crippen molar-refractivity contribution in [2.24, 2.45) is 0 Å². The van der Waals surface area contributed by atoms with Crippen LogP contribution in [0.2, 0.25) is 0 Å². The van der Waals surface area contributed by atoms with Crippen LogP contribution in [0.1, 0.15) is 29.5 Å². The van der Waals surface area contributed by atoms with E-state index in [1.54, 1.807) is 0 Å². The van der Waals surface area contributed by atoms with Crippen molar-refractivity contribution in [1.82, 2.24) is 10.6 Å². The molecule has 0 aliphatic carbocycles. The topological polar surface area (TPSA) is 59.6 Å². The maximum atomic E-state index is 11.8. The van der Waals surface area contributed by atoms with Gasteiger partial charge in [0.15, 0.2) is 0 Å². The highest BCUT2D eigenvalue weighted by Crippen LogP contribution is 2.23. The van der Waals surface area contributed by atoms with Gasteiger partial charge in [0.05, 0.1) is 25.7 Å². The summed E-state index contributed by atoms with van der Waals surface area (Å²) < 4.78 is 11.4. The minimum atomic E-state index is -0.00193. The van der Waals surface area contributed by atoms with Crippen LogP contribution in [-0.2, 0) is 9.53 Å². The fourth-order valence-electron chi connectivity index (χ4n) is 2.66. The maximum absolute atomic E-state index is 11.8. The second-order valence-electron chi connectivity index (χ2n) is 6.16. The second kappa shape index (κ2) is 8.89. The number of benzene rings is 1. The van der Waals surface area contributed by atoms with E-state index in [0.717, 1.165) is 25.3 Å². The van der Waals surface area contributed by atoms with Crippen molar-refractivity contribution in [3.05, 3.63) is 28.8 Å². The molecule has 1 aromatic rings. The van der Waals surface area contributed by atoms with Crippen LogP contribution >= 0.6 is 0 Å². The largest absolute Gasteiger partial charge is 0.493 e. The van der Waals surface area contributed by atoms with Crippen molar-refractivity contribution < 1.29 is 14.3 Å². The van der Waals surface area contributed by atoms with E-state index in [1.807, 2.05) is 0 Å². The Bertz CT molecular complexity index is 525. The first-order valence-corrected chi connectivity index (χ1v) is 8.36. The van der Waals surface area contributed by atoms with E-state index in [2.05, 4.69) is 43.5 Å². The Labute approximate surface area is 138 Å². The molecular formula is C18H28N2O3. The molecule has 0 radical (unpaired) electrons. The molecule has 2 N–H and O–H groups in total. The molecule has 1 fully saturated rings. The summed E-state index contributed by atoms with van der Waals surface area (Å²) >= 11 is 0. The number of aryl methyl sites for hydroxylation is 2.